The van der Waals surface area contributed by atoms with Crippen LogP contribution in [-0.4, -0.2) is 5.91 Å². The van der Waals surface area contributed by atoms with Crippen molar-refractivity contribution in [2.24, 2.45) is 5.18 Å². The third-order valence-electron chi connectivity index (χ3n) is 1.60. The molecule has 1 amide bonds. The Hall–Kier alpha value is -1.77. The van der Waals surface area contributed by atoms with Crippen LogP contribution < -0.4 is 0 Å². The van der Waals surface area contributed by atoms with Crippen LogP contribution in [0.3, 0.4) is 0 Å². The van der Waals surface area contributed by atoms with Crippen molar-refractivity contribution in [2.75, 3.05) is 0 Å². The van der Waals surface area contributed by atoms with E-state index >= 15 is 0 Å². The second-order valence-electron chi connectivity index (χ2n) is 2.63. The van der Waals surface area contributed by atoms with Crippen LogP contribution in [0.1, 0.15) is 12.5 Å². The van der Waals surface area contributed by atoms with Crippen molar-refractivity contribution in [1.82, 2.24) is 0 Å². The van der Waals surface area contributed by atoms with E-state index in [1.165, 1.54) is 0 Å². The van der Waals surface area contributed by atoms with Gasteiger partial charge in [-0.25, -0.2) is 0 Å². The Labute approximate surface area is 76.1 Å². The first kappa shape index (κ1) is 9.32. The maximum Gasteiger partial charge on any atom is 0.312 e. The second kappa shape index (κ2) is 4.30. The molecule has 0 aromatic heterocycles. The lowest BCUT2D eigenvalue weighted by molar-refractivity contribution is -0.114. The summed E-state index contributed by atoms with van der Waals surface area (Å²) in [6, 6.07) is 9.30. The molecule has 1 aromatic rings. The molecule has 0 saturated heterocycles. The van der Waals surface area contributed by atoms with Crippen molar-refractivity contribution in [2.45, 2.75) is 6.92 Å². The molecule has 0 spiro atoms. The normalized spacial score (nSPS) is 11.0. The van der Waals surface area contributed by atoms with E-state index in [4.69, 9.17) is 0 Å². The number of amides is 1. The van der Waals surface area contributed by atoms with Crippen molar-refractivity contribution in [3.05, 3.63) is 46.4 Å². The van der Waals surface area contributed by atoms with Gasteiger partial charge in [0.25, 0.3) is 0 Å². The number of carbonyl (C=O) groups is 1. The molecule has 0 N–H and O–H groups in total. The summed E-state index contributed by atoms with van der Waals surface area (Å²) in [5.41, 5.74) is 1.23. The predicted octanol–water partition coefficient (Wildman–Crippen LogP) is 2.38. The SMILES string of the molecule is C/C(=C/c1ccccc1)C(=O)N=O. The highest BCUT2D eigenvalue weighted by Crippen LogP contribution is 2.06. The molecule has 13 heavy (non-hydrogen) atoms. The Morgan fingerprint density at radius 3 is 2.46 bits per heavy atom. The first-order chi connectivity index (χ1) is 6.24. The zero-order valence-corrected chi connectivity index (χ0v) is 7.23. The Bertz CT molecular complexity index is 341. The number of rotatable bonds is 2. The molecule has 0 aliphatic heterocycles. The zero-order chi connectivity index (χ0) is 9.68. The van der Waals surface area contributed by atoms with Crippen LogP contribution in [0.2, 0.25) is 0 Å². The summed E-state index contributed by atoms with van der Waals surface area (Å²) in [7, 11) is 0. The molecular weight excluding hydrogens is 166 g/mol. The molecule has 0 saturated carbocycles. The third-order valence-corrected chi connectivity index (χ3v) is 1.60. The Kier molecular flexibility index (Phi) is 3.09. The topological polar surface area (TPSA) is 46.5 Å². The number of hydrogen-bond donors (Lipinski definition) is 0. The van der Waals surface area contributed by atoms with Crippen LogP contribution in [0.25, 0.3) is 6.08 Å². The second-order valence-corrected chi connectivity index (χ2v) is 2.63. The molecule has 0 atom stereocenters. The summed E-state index contributed by atoms with van der Waals surface area (Å²) < 4.78 is 0. The maximum atomic E-state index is 10.8. The molecule has 66 valence electrons. The molecule has 0 heterocycles. The molecule has 0 aliphatic rings. The van der Waals surface area contributed by atoms with Crippen LogP contribution in [0.5, 0.6) is 0 Å². The molecule has 0 unspecified atom stereocenters. The minimum atomic E-state index is -0.719. The molecule has 0 aliphatic carbocycles. The van der Waals surface area contributed by atoms with Gasteiger partial charge in [0, 0.05) is 10.7 Å². The lowest BCUT2D eigenvalue weighted by Gasteiger charge is -1.93. The van der Waals surface area contributed by atoms with Crippen molar-refractivity contribution in [1.29, 1.82) is 0 Å². The summed E-state index contributed by atoms with van der Waals surface area (Å²) in [5.74, 6) is -0.719. The number of nitroso groups, excluding NO2 is 1. The van der Waals surface area contributed by atoms with E-state index in [9.17, 15) is 9.70 Å². The van der Waals surface area contributed by atoms with E-state index in [1.807, 2.05) is 30.3 Å². The van der Waals surface area contributed by atoms with Crippen molar-refractivity contribution < 1.29 is 4.79 Å². The van der Waals surface area contributed by atoms with E-state index in [0.717, 1.165) is 5.56 Å². The molecule has 3 nitrogen and oxygen atoms in total. The number of carbonyl (C=O) groups excluding carboxylic acids is 1. The summed E-state index contributed by atoms with van der Waals surface area (Å²) in [5, 5.41) is 2.33. The monoisotopic (exact) mass is 175 g/mol. The summed E-state index contributed by atoms with van der Waals surface area (Å²) in [6.07, 6.45) is 1.63. The van der Waals surface area contributed by atoms with Gasteiger partial charge in [-0.1, -0.05) is 30.3 Å². The van der Waals surface area contributed by atoms with E-state index < -0.39 is 5.91 Å². The maximum absolute atomic E-state index is 10.8. The summed E-state index contributed by atoms with van der Waals surface area (Å²) >= 11 is 0. The van der Waals surface area contributed by atoms with Crippen LogP contribution in [0.15, 0.2) is 41.1 Å². The van der Waals surface area contributed by atoms with Crippen LogP contribution in [-0.2, 0) is 4.79 Å². The molecule has 0 bridgehead atoms. The summed E-state index contributed by atoms with van der Waals surface area (Å²) in [4.78, 5) is 20.7. The van der Waals surface area contributed by atoms with E-state index in [0.29, 0.717) is 5.57 Å². The Balaban J connectivity index is 2.89. The van der Waals surface area contributed by atoms with Gasteiger partial charge in [0.1, 0.15) is 0 Å². The van der Waals surface area contributed by atoms with E-state index in [2.05, 4.69) is 5.18 Å². The molecule has 0 fully saturated rings. The fourth-order valence-electron chi connectivity index (χ4n) is 0.933. The molecule has 3 heteroatoms. The third kappa shape index (κ3) is 2.63. The van der Waals surface area contributed by atoms with Gasteiger partial charge in [0.2, 0.25) is 0 Å². The number of nitrogens with zero attached hydrogens (tertiary/aromatic N) is 1. The fourth-order valence-corrected chi connectivity index (χ4v) is 0.933. The Morgan fingerprint density at radius 2 is 1.92 bits per heavy atom. The zero-order valence-electron chi connectivity index (χ0n) is 7.23. The summed E-state index contributed by atoms with van der Waals surface area (Å²) in [6.45, 7) is 1.57. The van der Waals surface area contributed by atoms with E-state index in [-0.39, 0.29) is 0 Å². The highest BCUT2D eigenvalue weighted by Gasteiger charge is 2.02. The highest BCUT2D eigenvalue weighted by molar-refractivity contribution is 5.97. The minimum absolute atomic E-state index is 0.348. The highest BCUT2D eigenvalue weighted by atomic mass is 16.3. The standard InChI is InChI=1S/C10H9NO2/c1-8(10(12)11-13)7-9-5-3-2-4-6-9/h2-7H,1H3/b8-7-. The minimum Gasteiger partial charge on any atom is -0.264 e. The first-order valence-electron chi connectivity index (χ1n) is 3.85. The molecule has 1 aromatic carbocycles. The average molecular weight is 175 g/mol. The van der Waals surface area contributed by atoms with Crippen LogP contribution in [0, 0.1) is 4.91 Å². The fraction of sp³-hybridized carbons (Fsp3) is 0.100. The van der Waals surface area contributed by atoms with Gasteiger partial charge in [-0.2, -0.15) is 0 Å². The Morgan fingerprint density at radius 1 is 1.31 bits per heavy atom. The van der Waals surface area contributed by atoms with Gasteiger partial charge in [-0.05, 0) is 18.6 Å². The van der Waals surface area contributed by atoms with Gasteiger partial charge in [0.15, 0.2) is 0 Å². The van der Waals surface area contributed by atoms with Crippen molar-refractivity contribution in [3.63, 3.8) is 0 Å². The van der Waals surface area contributed by atoms with Crippen molar-refractivity contribution in [3.8, 4) is 0 Å². The lowest BCUT2D eigenvalue weighted by Crippen LogP contribution is -1.92. The van der Waals surface area contributed by atoms with Gasteiger partial charge in [0.05, 0.1) is 0 Å². The number of hydrogen-bond acceptors (Lipinski definition) is 2. The molecule has 0 radical (unpaired) electrons. The van der Waals surface area contributed by atoms with Gasteiger partial charge >= 0.3 is 5.91 Å². The quantitative estimate of drug-likeness (QED) is 0.511. The van der Waals surface area contributed by atoms with Gasteiger partial charge < -0.3 is 0 Å². The van der Waals surface area contributed by atoms with Crippen LogP contribution >= 0.6 is 0 Å². The van der Waals surface area contributed by atoms with Crippen LogP contribution in [0.4, 0.5) is 0 Å². The van der Waals surface area contributed by atoms with Gasteiger partial charge in [-0.3, -0.25) is 4.79 Å². The van der Waals surface area contributed by atoms with E-state index in [1.54, 1.807) is 13.0 Å². The first-order valence-corrected chi connectivity index (χ1v) is 3.85. The molecule has 1 rings (SSSR count). The van der Waals surface area contributed by atoms with Crippen molar-refractivity contribution >= 4 is 12.0 Å². The smallest absolute Gasteiger partial charge is 0.264 e. The predicted molar refractivity (Wildman–Crippen MR) is 50.9 cm³/mol. The average Bonchev–Trinajstić information content (AvgIpc) is 2.18. The number of benzene rings is 1. The van der Waals surface area contributed by atoms with Gasteiger partial charge in [-0.15, -0.1) is 4.91 Å². The lowest BCUT2D eigenvalue weighted by atomic mass is 10.1. The largest absolute Gasteiger partial charge is 0.312 e. The molecular formula is C10H9NO2.